The standard InChI is InChI=1S/C54H93O9P/c1-3-5-7-9-11-13-15-17-19-21-23-24-25-26-27-29-31-33-35-37-39-41-43-45-47-60-50-53(51-62-64(58,59)61-49-52(56)48-55)63-54(57)46-44-42-40-38-36-34-32-30-28-22-20-18-16-14-12-10-8-6-4-2/h5,7,11-14,17-20,23-24,26-27,31,33,52-53,55-56H,3-4,6,8-10,15-16,21-22,25,28-30,32,34-51H2,1-2H3,(H,58,59)/b7-5-,13-11-,14-12-,19-17-,20-18-,24-23-,27-26-,33-31-. The molecule has 0 aliphatic heterocycles. The Kier molecular flexibility index (Phi) is 47.8. The van der Waals surface area contributed by atoms with Gasteiger partial charge in [-0.3, -0.25) is 13.8 Å². The average Bonchev–Trinajstić information content (AvgIpc) is 3.29. The van der Waals surface area contributed by atoms with Crippen LogP contribution in [0.4, 0.5) is 0 Å². The first-order chi connectivity index (χ1) is 31.3. The first kappa shape index (κ1) is 61.4. The summed E-state index contributed by atoms with van der Waals surface area (Å²) in [6.45, 7) is 3.32. The Morgan fingerprint density at radius 2 is 0.891 bits per heavy atom. The number of phosphoric ester groups is 1. The molecule has 64 heavy (non-hydrogen) atoms. The zero-order valence-electron chi connectivity index (χ0n) is 40.5. The summed E-state index contributed by atoms with van der Waals surface area (Å²) in [5.74, 6) is -0.398. The molecule has 0 fully saturated rings. The molecule has 0 aromatic rings. The van der Waals surface area contributed by atoms with E-state index in [2.05, 4.69) is 111 Å². The number of rotatable bonds is 47. The van der Waals surface area contributed by atoms with E-state index in [9.17, 15) is 19.4 Å². The number of carbonyl (C=O) groups is 1. The quantitative estimate of drug-likeness (QED) is 0.0236. The molecule has 10 heteroatoms. The molecule has 0 aliphatic rings. The molecule has 368 valence electrons. The molecule has 9 nitrogen and oxygen atoms in total. The summed E-state index contributed by atoms with van der Waals surface area (Å²) in [5.41, 5.74) is 0. The minimum atomic E-state index is -4.54. The van der Waals surface area contributed by atoms with Gasteiger partial charge in [0.2, 0.25) is 0 Å². The predicted molar refractivity (Wildman–Crippen MR) is 269 cm³/mol. The number of unbranched alkanes of at least 4 members (excludes halogenated alkanes) is 17. The van der Waals surface area contributed by atoms with Crippen LogP contribution < -0.4 is 0 Å². The first-order valence-electron chi connectivity index (χ1n) is 25.2. The number of ether oxygens (including phenoxy) is 2. The monoisotopic (exact) mass is 917 g/mol. The molecule has 0 rings (SSSR count). The van der Waals surface area contributed by atoms with Gasteiger partial charge in [-0.1, -0.05) is 188 Å². The second kappa shape index (κ2) is 49.8. The Labute approximate surface area is 391 Å². The zero-order chi connectivity index (χ0) is 46.7. The molecule has 3 atom stereocenters. The normalized spacial score (nSPS) is 14.6. The van der Waals surface area contributed by atoms with Crippen LogP contribution >= 0.6 is 7.82 Å². The molecule has 0 saturated heterocycles. The van der Waals surface area contributed by atoms with Crippen LogP contribution in [0.15, 0.2) is 97.2 Å². The van der Waals surface area contributed by atoms with Crippen LogP contribution in [0.3, 0.4) is 0 Å². The smallest absolute Gasteiger partial charge is 0.457 e. The highest BCUT2D eigenvalue weighted by molar-refractivity contribution is 7.47. The topological polar surface area (TPSA) is 132 Å². The molecule has 0 heterocycles. The number of hydrogen-bond donors (Lipinski definition) is 3. The van der Waals surface area contributed by atoms with E-state index in [0.717, 1.165) is 109 Å². The van der Waals surface area contributed by atoms with Crippen molar-refractivity contribution in [1.29, 1.82) is 0 Å². The van der Waals surface area contributed by atoms with E-state index < -0.39 is 45.8 Å². The van der Waals surface area contributed by atoms with Crippen LogP contribution in [0.1, 0.15) is 194 Å². The van der Waals surface area contributed by atoms with Gasteiger partial charge in [-0.05, 0) is 96.3 Å². The van der Waals surface area contributed by atoms with Crippen molar-refractivity contribution in [2.45, 2.75) is 206 Å². The summed E-state index contributed by atoms with van der Waals surface area (Å²) in [4.78, 5) is 22.7. The van der Waals surface area contributed by atoms with E-state index in [-0.39, 0.29) is 13.0 Å². The summed E-state index contributed by atoms with van der Waals surface area (Å²) >= 11 is 0. The van der Waals surface area contributed by atoms with Crippen LogP contribution in [0.2, 0.25) is 0 Å². The van der Waals surface area contributed by atoms with Gasteiger partial charge < -0.3 is 24.6 Å². The first-order valence-corrected chi connectivity index (χ1v) is 26.7. The molecule has 0 aromatic carbocycles. The molecule has 0 bridgehead atoms. The third kappa shape index (κ3) is 48.8. The van der Waals surface area contributed by atoms with Gasteiger partial charge in [0.25, 0.3) is 0 Å². The van der Waals surface area contributed by atoms with Crippen LogP contribution in [0.25, 0.3) is 0 Å². The summed E-state index contributed by atoms with van der Waals surface area (Å²) in [5, 5.41) is 18.4. The van der Waals surface area contributed by atoms with Crippen molar-refractivity contribution in [3.8, 4) is 0 Å². The van der Waals surface area contributed by atoms with E-state index >= 15 is 0 Å². The Hall–Kier alpha value is -2.62. The van der Waals surface area contributed by atoms with Crippen molar-refractivity contribution < 1.29 is 43.0 Å². The fraction of sp³-hybridized carbons (Fsp3) is 0.685. The van der Waals surface area contributed by atoms with Crippen molar-refractivity contribution in [2.24, 2.45) is 0 Å². The largest absolute Gasteiger partial charge is 0.472 e. The van der Waals surface area contributed by atoms with Crippen LogP contribution in [0, 0.1) is 0 Å². The van der Waals surface area contributed by atoms with Crippen molar-refractivity contribution in [3.05, 3.63) is 97.2 Å². The van der Waals surface area contributed by atoms with Gasteiger partial charge >= 0.3 is 13.8 Å². The fourth-order valence-corrected chi connectivity index (χ4v) is 7.24. The Bertz CT molecular complexity index is 1320. The summed E-state index contributed by atoms with van der Waals surface area (Å²) < 4.78 is 33.5. The zero-order valence-corrected chi connectivity index (χ0v) is 41.4. The van der Waals surface area contributed by atoms with Crippen molar-refractivity contribution >= 4 is 13.8 Å². The highest BCUT2D eigenvalue weighted by Crippen LogP contribution is 2.43. The maximum Gasteiger partial charge on any atom is 0.472 e. The Balaban J connectivity index is 4.17. The predicted octanol–water partition coefficient (Wildman–Crippen LogP) is 14.8. The average molecular weight is 917 g/mol. The number of hydrogen-bond acceptors (Lipinski definition) is 8. The molecule has 0 amide bonds. The van der Waals surface area contributed by atoms with Gasteiger partial charge in [-0.2, -0.15) is 0 Å². The number of carbonyl (C=O) groups excluding carboxylic acids is 1. The molecule has 3 unspecified atom stereocenters. The van der Waals surface area contributed by atoms with Gasteiger partial charge in [0.15, 0.2) is 0 Å². The maximum atomic E-state index is 12.7. The molecule has 0 saturated carbocycles. The number of esters is 1. The van der Waals surface area contributed by atoms with Crippen molar-refractivity contribution in [1.82, 2.24) is 0 Å². The van der Waals surface area contributed by atoms with Crippen molar-refractivity contribution in [3.63, 3.8) is 0 Å². The van der Waals surface area contributed by atoms with E-state index in [0.29, 0.717) is 13.0 Å². The lowest BCUT2D eigenvalue weighted by molar-refractivity contribution is -0.154. The molecular weight excluding hydrogens is 824 g/mol. The van der Waals surface area contributed by atoms with Gasteiger partial charge in [0.05, 0.1) is 26.4 Å². The van der Waals surface area contributed by atoms with Crippen LogP contribution in [-0.2, 0) is 27.9 Å². The SMILES string of the molecule is CC/C=C\C/C=C\C/C=C\C/C=C\C/C=C\C/C=C\CCCCCCCOCC(COP(=O)(O)OCC(O)CO)OC(=O)CCCCCCCCCCC/C=C\C/C=C\CCCCC. The lowest BCUT2D eigenvalue weighted by atomic mass is 10.1. The second-order valence-corrected chi connectivity index (χ2v) is 17.9. The number of phosphoric acid groups is 1. The number of allylic oxidation sites excluding steroid dienone is 16. The Morgan fingerprint density at radius 3 is 1.34 bits per heavy atom. The number of aliphatic hydroxyl groups excluding tert-OH is 2. The van der Waals surface area contributed by atoms with Crippen LogP contribution in [0.5, 0.6) is 0 Å². The second-order valence-electron chi connectivity index (χ2n) is 16.4. The van der Waals surface area contributed by atoms with E-state index in [4.69, 9.17) is 23.6 Å². The van der Waals surface area contributed by atoms with Crippen molar-refractivity contribution in [2.75, 3.05) is 33.0 Å². The lowest BCUT2D eigenvalue weighted by Crippen LogP contribution is -2.29. The third-order valence-corrected chi connectivity index (χ3v) is 11.2. The molecule has 0 spiro atoms. The van der Waals surface area contributed by atoms with Gasteiger partial charge in [0.1, 0.15) is 12.2 Å². The molecule has 0 radical (unpaired) electrons. The van der Waals surface area contributed by atoms with E-state index in [1.807, 2.05) is 0 Å². The number of aliphatic hydroxyl groups is 2. The highest BCUT2D eigenvalue weighted by Gasteiger charge is 2.26. The minimum absolute atomic E-state index is 0.0283. The Morgan fingerprint density at radius 1 is 0.500 bits per heavy atom. The van der Waals surface area contributed by atoms with Gasteiger partial charge in [0, 0.05) is 13.0 Å². The summed E-state index contributed by atoms with van der Waals surface area (Å²) in [7, 11) is -4.54. The maximum absolute atomic E-state index is 12.7. The van der Waals surface area contributed by atoms with Gasteiger partial charge in [-0.25, -0.2) is 4.57 Å². The molecule has 0 aromatic heterocycles. The summed E-state index contributed by atoms with van der Waals surface area (Å²) in [6, 6.07) is 0. The van der Waals surface area contributed by atoms with E-state index in [1.54, 1.807) is 0 Å². The van der Waals surface area contributed by atoms with Crippen LogP contribution in [-0.4, -0.2) is 66.3 Å². The molecular formula is C54H93O9P. The summed E-state index contributed by atoms with van der Waals surface area (Å²) in [6.07, 6.45) is 63.7. The lowest BCUT2D eigenvalue weighted by Gasteiger charge is -2.20. The minimum Gasteiger partial charge on any atom is -0.457 e. The highest BCUT2D eigenvalue weighted by atomic mass is 31.2. The third-order valence-electron chi connectivity index (χ3n) is 10.3. The molecule has 0 aliphatic carbocycles. The fourth-order valence-electron chi connectivity index (χ4n) is 6.45. The van der Waals surface area contributed by atoms with E-state index in [1.165, 1.54) is 57.8 Å². The van der Waals surface area contributed by atoms with Gasteiger partial charge in [-0.15, -0.1) is 0 Å². The molecule has 3 N–H and O–H groups in total.